The van der Waals surface area contributed by atoms with E-state index >= 15 is 0 Å². The smallest absolute Gasteiger partial charge is 0.252 e. The van der Waals surface area contributed by atoms with Crippen LogP contribution in [0.15, 0.2) is 29.1 Å². The van der Waals surface area contributed by atoms with Gasteiger partial charge in [-0.25, -0.2) is 4.39 Å². The van der Waals surface area contributed by atoms with Crippen LogP contribution in [0.25, 0.3) is 10.9 Å². The fraction of sp³-hybridized carbons (Fsp3) is 0.375. The summed E-state index contributed by atoms with van der Waals surface area (Å²) in [7, 11) is 0. The van der Waals surface area contributed by atoms with Crippen molar-refractivity contribution in [2.75, 3.05) is 19.6 Å². The number of aromatic amines is 1. The largest absolute Gasteiger partial charge is 0.352 e. The number of fused-ring (bicyclic) bond motifs is 1. The molecular weight excluding hydrogens is 321 g/mol. The second-order valence-corrected chi connectivity index (χ2v) is 5.66. The monoisotopic (exact) mass is 339 g/mol. The number of hydrogen-bond donors (Lipinski definition) is 3. The van der Waals surface area contributed by atoms with Gasteiger partial charge in [-0.2, -0.15) is 0 Å². The number of carbonyl (C=O) groups is 1. The Morgan fingerprint density at radius 3 is 2.91 bits per heavy atom. The van der Waals surface area contributed by atoms with Crippen LogP contribution in [0, 0.1) is 11.7 Å². The molecule has 1 unspecified atom stereocenters. The van der Waals surface area contributed by atoms with Crippen molar-refractivity contribution in [2.45, 2.75) is 12.8 Å². The maximum Gasteiger partial charge on any atom is 0.252 e. The highest BCUT2D eigenvalue weighted by Crippen LogP contribution is 2.16. The highest BCUT2D eigenvalue weighted by Gasteiger charge is 2.16. The highest BCUT2D eigenvalue weighted by molar-refractivity contribution is 6.05. The molecule has 0 bridgehead atoms. The average molecular weight is 340 g/mol. The zero-order valence-electron chi connectivity index (χ0n) is 12.5. The van der Waals surface area contributed by atoms with E-state index in [1.807, 2.05) is 0 Å². The van der Waals surface area contributed by atoms with Crippen LogP contribution in [0.4, 0.5) is 4.39 Å². The third-order valence-electron chi connectivity index (χ3n) is 4.00. The summed E-state index contributed by atoms with van der Waals surface area (Å²) < 4.78 is 13.3. The number of nitrogens with one attached hydrogen (secondary N) is 3. The molecular formula is C16H19ClFN3O2. The van der Waals surface area contributed by atoms with Crippen LogP contribution in [-0.2, 0) is 0 Å². The quantitative estimate of drug-likeness (QED) is 0.798. The molecule has 1 amide bonds. The Hall–Kier alpha value is -1.92. The molecule has 7 heteroatoms. The first-order valence-electron chi connectivity index (χ1n) is 7.45. The van der Waals surface area contributed by atoms with Gasteiger partial charge in [-0.1, -0.05) is 0 Å². The van der Waals surface area contributed by atoms with E-state index in [0.717, 1.165) is 25.9 Å². The number of piperidine rings is 1. The molecule has 1 fully saturated rings. The third kappa shape index (κ3) is 4.09. The fourth-order valence-corrected chi connectivity index (χ4v) is 2.85. The van der Waals surface area contributed by atoms with E-state index in [2.05, 4.69) is 15.6 Å². The van der Waals surface area contributed by atoms with E-state index in [0.29, 0.717) is 23.4 Å². The summed E-state index contributed by atoms with van der Waals surface area (Å²) >= 11 is 0. The normalized spacial score (nSPS) is 17.5. The highest BCUT2D eigenvalue weighted by atomic mass is 35.5. The van der Waals surface area contributed by atoms with Gasteiger partial charge in [0.15, 0.2) is 0 Å². The summed E-state index contributed by atoms with van der Waals surface area (Å²) in [6.07, 6.45) is 2.18. The summed E-state index contributed by atoms with van der Waals surface area (Å²) in [5.74, 6) is -0.342. The van der Waals surface area contributed by atoms with Crippen molar-refractivity contribution in [2.24, 2.45) is 5.92 Å². The summed E-state index contributed by atoms with van der Waals surface area (Å²) in [6, 6.07) is 5.27. The van der Waals surface area contributed by atoms with E-state index in [-0.39, 0.29) is 23.9 Å². The molecule has 2 aromatic rings. The van der Waals surface area contributed by atoms with Crippen LogP contribution in [0.2, 0.25) is 0 Å². The first-order chi connectivity index (χ1) is 10.6. The molecule has 5 nitrogen and oxygen atoms in total. The van der Waals surface area contributed by atoms with Crippen molar-refractivity contribution < 1.29 is 9.18 Å². The summed E-state index contributed by atoms with van der Waals surface area (Å²) in [5.41, 5.74) is 0.196. The molecule has 3 rings (SSSR count). The van der Waals surface area contributed by atoms with Gasteiger partial charge in [0.05, 0.1) is 11.1 Å². The Morgan fingerprint density at radius 1 is 1.35 bits per heavy atom. The lowest BCUT2D eigenvalue weighted by Gasteiger charge is -2.22. The molecule has 2 heterocycles. The first kappa shape index (κ1) is 17.4. The lowest BCUT2D eigenvalue weighted by atomic mass is 9.99. The predicted octanol–water partition coefficient (Wildman–Crippen LogP) is 1.82. The van der Waals surface area contributed by atoms with Crippen molar-refractivity contribution in [3.8, 4) is 0 Å². The molecule has 0 aliphatic carbocycles. The van der Waals surface area contributed by atoms with E-state index < -0.39 is 11.4 Å². The predicted molar refractivity (Wildman–Crippen MR) is 89.7 cm³/mol. The Bertz CT molecular complexity index is 757. The molecule has 0 spiro atoms. The maximum atomic E-state index is 13.3. The second kappa shape index (κ2) is 7.57. The summed E-state index contributed by atoms with van der Waals surface area (Å²) in [6.45, 7) is 2.48. The van der Waals surface area contributed by atoms with Gasteiger partial charge in [0.2, 0.25) is 5.56 Å². The number of halogens is 2. The summed E-state index contributed by atoms with van der Waals surface area (Å²) in [5, 5.41) is 6.71. The molecule has 0 saturated carbocycles. The molecule has 3 N–H and O–H groups in total. The standard InChI is InChI=1S/C16H18FN3O2.ClH/c17-11-3-4-12-13(7-15(21)20-14(12)6-11)16(22)19-9-10-2-1-5-18-8-10;/h3-4,6-7,10,18H,1-2,5,8-9H2,(H,19,22)(H,20,21);1H. The van der Waals surface area contributed by atoms with Crippen molar-refractivity contribution in [1.29, 1.82) is 0 Å². The van der Waals surface area contributed by atoms with Gasteiger partial charge in [0, 0.05) is 18.0 Å². The Labute approximate surface area is 139 Å². The van der Waals surface area contributed by atoms with E-state index in [1.165, 1.54) is 24.3 Å². The number of amides is 1. The van der Waals surface area contributed by atoms with Crippen LogP contribution in [0.3, 0.4) is 0 Å². The number of hydrogen-bond acceptors (Lipinski definition) is 3. The van der Waals surface area contributed by atoms with Gasteiger partial charge in [-0.3, -0.25) is 9.59 Å². The van der Waals surface area contributed by atoms with Gasteiger partial charge in [0.25, 0.3) is 5.91 Å². The first-order valence-corrected chi connectivity index (χ1v) is 7.45. The van der Waals surface area contributed by atoms with Crippen LogP contribution in [0.5, 0.6) is 0 Å². The van der Waals surface area contributed by atoms with Crippen molar-refractivity contribution in [1.82, 2.24) is 15.6 Å². The number of rotatable bonds is 3. The van der Waals surface area contributed by atoms with Crippen LogP contribution < -0.4 is 16.2 Å². The molecule has 1 saturated heterocycles. The van der Waals surface area contributed by atoms with Gasteiger partial charge < -0.3 is 15.6 Å². The molecule has 124 valence electrons. The minimum Gasteiger partial charge on any atom is -0.352 e. The van der Waals surface area contributed by atoms with E-state index in [1.54, 1.807) is 0 Å². The lowest BCUT2D eigenvalue weighted by Crippen LogP contribution is -2.38. The molecule has 1 aromatic carbocycles. The van der Waals surface area contributed by atoms with Gasteiger partial charge >= 0.3 is 0 Å². The SMILES string of the molecule is Cl.O=C(NCC1CCCNC1)c1cc(=O)[nH]c2cc(F)ccc12. The fourth-order valence-electron chi connectivity index (χ4n) is 2.85. The zero-order chi connectivity index (χ0) is 15.5. The number of carbonyl (C=O) groups excluding carboxylic acids is 1. The second-order valence-electron chi connectivity index (χ2n) is 5.66. The minimum absolute atomic E-state index is 0. The van der Waals surface area contributed by atoms with Gasteiger partial charge in [0.1, 0.15) is 5.82 Å². The van der Waals surface area contributed by atoms with Crippen molar-refractivity contribution in [3.05, 3.63) is 46.0 Å². The van der Waals surface area contributed by atoms with Gasteiger partial charge in [-0.15, -0.1) is 12.4 Å². The average Bonchev–Trinajstić information content (AvgIpc) is 2.52. The zero-order valence-corrected chi connectivity index (χ0v) is 13.3. The van der Waals surface area contributed by atoms with Crippen LogP contribution >= 0.6 is 12.4 Å². The Morgan fingerprint density at radius 2 is 2.17 bits per heavy atom. The lowest BCUT2D eigenvalue weighted by molar-refractivity contribution is 0.0946. The Balaban J connectivity index is 0.00000192. The minimum atomic E-state index is -0.450. The van der Waals surface area contributed by atoms with E-state index in [9.17, 15) is 14.0 Å². The molecule has 1 aliphatic heterocycles. The van der Waals surface area contributed by atoms with Crippen LogP contribution in [0.1, 0.15) is 23.2 Å². The Kier molecular flexibility index (Phi) is 5.74. The maximum absolute atomic E-state index is 13.3. The van der Waals surface area contributed by atoms with Crippen LogP contribution in [-0.4, -0.2) is 30.5 Å². The topological polar surface area (TPSA) is 74.0 Å². The molecule has 0 radical (unpaired) electrons. The molecule has 1 atom stereocenters. The number of H-pyrrole nitrogens is 1. The van der Waals surface area contributed by atoms with Gasteiger partial charge in [-0.05, 0) is 50.0 Å². The molecule has 1 aromatic heterocycles. The van der Waals surface area contributed by atoms with Crippen molar-refractivity contribution in [3.63, 3.8) is 0 Å². The third-order valence-corrected chi connectivity index (χ3v) is 4.00. The number of pyridine rings is 1. The number of benzene rings is 1. The van der Waals surface area contributed by atoms with E-state index in [4.69, 9.17) is 0 Å². The summed E-state index contributed by atoms with van der Waals surface area (Å²) in [4.78, 5) is 26.6. The van der Waals surface area contributed by atoms with Crippen molar-refractivity contribution >= 4 is 29.2 Å². The molecule has 23 heavy (non-hydrogen) atoms. The number of aromatic nitrogens is 1. The molecule has 1 aliphatic rings.